The summed E-state index contributed by atoms with van der Waals surface area (Å²) in [5, 5.41) is 2.96. The first-order chi connectivity index (χ1) is 13.5. The van der Waals surface area contributed by atoms with Crippen LogP contribution < -0.4 is 10.0 Å². The van der Waals surface area contributed by atoms with Crippen molar-refractivity contribution in [1.29, 1.82) is 0 Å². The van der Waals surface area contributed by atoms with Gasteiger partial charge >= 0.3 is 0 Å². The van der Waals surface area contributed by atoms with Crippen LogP contribution in [0.15, 0.2) is 47.1 Å². The van der Waals surface area contributed by atoms with Crippen molar-refractivity contribution in [2.75, 3.05) is 30.1 Å². The lowest BCUT2D eigenvalue weighted by molar-refractivity contribution is 0.0934. The molecule has 2 aromatic rings. The molecule has 0 saturated carbocycles. The van der Waals surface area contributed by atoms with Crippen LogP contribution in [-0.4, -0.2) is 44.6 Å². The molecule has 1 aliphatic heterocycles. The highest BCUT2D eigenvalue weighted by Gasteiger charge is 2.26. The molecule has 0 spiro atoms. The number of likely N-dealkylation sites (tertiary alicyclic amines) is 1. The van der Waals surface area contributed by atoms with Gasteiger partial charge in [0.1, 0.15) is 5.76 Å². The summed E-state index contributed by atoms with van der Waals surface area (Å²) >= 11 is 0. The van der Waals surface area contributed by atoms with Crippen molar-refractivity contribution in [2.45, 2.75) is 32.2 Å². The van der Waals surface area contributed by atoms with Crippen molar-refractivity contribution < 1.29 is 17.6 Å². The average Bonchev–Trinajstić information content (AvgIpc) is 3.36. The summed E-state index contributed by atoms with van der Waals surface area (Å²) in [6.45, 7) is 4.20. The molecule has 1 fully saturated rings. The monoisotopic (exact) mass is 405 g/mol. The maximum Gasteiger partial charge on any atom is 0.251 e. The smallest absolute Gasteiger partial charge is 0.251 e. The molecule has 0 bridgehead atoms. The molecule has 1 aliphatic rings. The molecule has 1 amide bonds. The molecule has 1 atom stereocenters. The summed E-state index contributed by atoms with van der Waals surface area (Å²) in [5.41, 5.74) is 0.805. The maximum atomic E-state index is 12.6. The van der Waals surface area contributed by atoms with Gasteiger partial charge in [0.25, 0.3) is 5.91 Å². The highest BCUT2D eigenvalue weighted by molar-refractivity contribution is 7.92. The number of furan rings is 1. The van der Waals surface area contributed by atoms with Crippen molar-refractivity contribution >= 4 is 21.6 Å². The zero-order valence-corrected chi connectivity index (χ0v) is 16.9. The van der Waals surface area contributed by atoms with Crippen molar-refractivity contribution in [2.24, 2.45) is 0 Å². The molecule has 28 heavy (non-hydrogen) atoms. The van der Waals surface area contributed by atoms with Crippen LogP contribution in [0.25, 0.3) is 0 Å². The van der Waals surface area contributed by atoms with Crippen molar-refractivity contribution in [1.82, 2.24) is 10.2 Å². The van der Waals surface area contributed by atoms with Crippen LogP contribution in [0.4, 0.5) is 5.69 Å². The average molecular weight is 406 g/mol. The third-order valence-electron chi connectivity index (χ3n) is 4.78. The fourth-order valence-corrected chi connectivity index (χ4v) is 4.58. The summed E-state index contributed by atoms with van der Waals surface area (Å²) in [5.74, 6) is 0.639. The van der Waals surface area contributed by atoms with Gasteiger partial charge in [0, 0.05) is 17.8 Å². The molecule has 1 aromatic carbocycles. The highest BCUT2D eigenvalue weighted by Crippen LogP contribution is 2.25. The molecular weight excluding hydrogens is 378 g/mol. The molecule has 1 aromatic heterocycles. The molecule has 8 heteroatoms. The Bertz CT molecular complexity index is 875. The Hall–Kier alpha value is -2.32. The van der Waals surface area contributed by atoms with E-state index in [1.54, 1.807) is 37.5 Å². The van der Waals surface area contributed by atoms with Crippen LogP contribution in [0.1, 0.15) is 48.3 Å². The first-order valence-electron chi connectivity index (χ1n) is 9.65. The normalized spacial score (nSPS) is 16.0. The second kappa shape index (κ2) is 9.25. The highest BCUT2D eigenvalue weighted by atomic mass is 32.2. The number of sulfonamides is 1. The third kappa shape index (κ3) is 5.36. The van der Waals surface area contributed by atoms with Crippen LogP contribution in [0.5, 0.6) is 0 Å². The van der Waals surface area contributed by atoms with E-state index in [0.29, 0.717) is 24.2 Å². The van der Waals surface area contributed by atoms with Crippen molar-refractivity contribution in [3.63, 3.8) is 0 Å². The number of benzene rings is 1. The van der Waals surface area contributed by atoms with Crippen LogP contribution in [-0.2, 0) is 10.0 Å². The molecular formula is C20H27N3O4S. The van der Waals surface area contributed by atoms with Gasteiger partial charge in [0.2, 0.25) is 10.0 Å². The predicted octanol–water partition coefficient (Wildman–Crippen LogP) is 3.00. The van der Waals surface area contributed by atoms with Gasteiger partial charge in [-0.05, 0) is 62.7 Å². The number of hydrogen-bond donors (Lipinski definition) is 2. The number of nitrogens with one attached hydrogen (secondary N) is 2. The molecule has 7 nitrogen and oxygen atoms in total. The standard InChI is InChI=1S/C20H27N3O4S/c1-2-13-28(25,26)22-17-8-5-7-16(14-17)20(24)21-15-18(19-9-6-12-27-19)23-10-3-4-11-23/h5-9,12,14,18,22H,2-4,10-11,13,15H2,1H3,(H,21,24). The molecule has 0 aliphatic carbocycles. The Labute approximate surface area is 166 Å². The van der Waals surface area contributed by atoms with Gasteiger partial charge in [-0.3, -0.25) is 14.4 Å². The number of hydrogen-bond acceptors (Lipinski definition) is 5. The Morgan fingerprint density at radius 3 is 2.68 bits per heavy atom. The van der Waals surface area contributed by atoms with E-state index in [-0.39, 0.29) is 17.7 Å². The van der Waals surface area contributed by atoms with E-state index >= 15 is 0 Å². The van der Waals surface area contributed by atoms with E-state index in [4.69, 9.17) is 4.42 Å². The Morgan fingerprint density at radius 1 is 1.21 bits per heavy atom. The number of carbonyl (C=O) groups excluding carboxylic acids is 1. The number of rotatable bonds is 9. The van der Waals surface area contributed by atoms with E-state index in [9.17, 15) is 13.2 Å². The lowest BCUT2D eigenvalue weighted by atomic mass is 10.1. The minimum Gasteiger partial charge on any atom is -0.468 e. The number of anilines is 1. The maximum absolute atomic E-state index is 12.6. The van der Waals surface area contributed by atoms with Gasteiger partial charge < -0.3 is 9.73 Å². The summed E-state index contributed by atoms with van der Waals surface area (Å²) in [6.07, 6.45) is 4.46. The van der Waals surface area contributed by atoms with Crippen molar-refractivity contribution in [3.05, 3.63) is 54.0 Å². The van der Waals surface area contributed by atoms with E-state index < -0.39 is 10.0 Å². The SMILES string of the molecule is CCCS(=O)(=O)Nc1cccc(C(=O)NCC(c2ccco2)N2CCCC2)c1. The van der Waals surface area contributed by atoms with E-state index in [1.165, 1.54) is 0 Å². The van der Waals surface area contributed by atoms with Gasteiger partial charge in [-0.1, -0.05) is 13.0 Å². The van der Waals surface area contributed by atoms with E-state index in [1.807, 2.05) is 12.1 Å². The molecule has 2 heterocycles. The fourth-order valence-electron chi connectivity index (χ4n) is 3.46. The zero-order chi connectivity index (χ0) is 20.0. The lowest BCUT2D eigenvalue weighted by Gasteiger charge is -2.26. The summed E-state index contributed by atoms with van der Waals surface area (Å²) in [6, 6.07) is 10.3. The van der Waals surface area contributed by atoms with Gasteiger partial charge in [-0.25, -0.2) is 8.42 Å². The summed E-state index contributed by atoms with van der Waals surface area (Å²) in [4.78, 5) is 15.0. The number of nitrogens with zero attached hydrogens (tertiary/aromatic N) is 1. The van der Waals surface area contributed by atoms with Crippen LogP contribution in [0.2, 0.25) is 0 Å². The Balaban J connectivity index is 1.66. The first-order valence-corrected chi connectivity index (χ1v) is 11.3. The Kier molecular flexibility index (Phi) is 6.74. The minimum atomic E-state index is -3.39. The largest absolute Gasteiger partial charge is 0.468 e. The molecule has 0 radical (unpaired) electrons. The van der Waals surface area contributed by atoms with Crippen LogP contribution >= 0.6 is 0 Å². The second-order valence-electron chi connectivity index (χ2n) is 6.99. The molecule has 1 unspecified atom stereocenters. The van der Waals surface area contributed by atoms with Gasteiger partial charge in [0.15, 0.2) is 0 Å². The second-order valence-corrected chi connectivity index (χ2v) is 8.83. The summed E-state index contributed by atoms with van der Waals surface area (Å²) < 4.78 is 32.0. The fraction of sp³-hybridized carbons (Fsp3) is 0.450. The number of carbonyl (C=O) groups is 1. The topological polar surface area (TPSA) is 91.6 Å². The minimum absolute atomic E-state index is 0.00677. The third-order valence-corrected chi connectivity index (χ3v) is 6.27. The Morgan fingerprint density at radius 2 is 2.00 bits per heavy atom. The summed E-state index contributed by atoms with van der Waals surface area (Å²) in [7, 11) is -3.39. The lowest BCUT2D eigenvalue weighted by Crippen LogP contribution is -2.36. The molecule has 152 valence electrons. The van der Waals surface area contributed by atoms with E-state index in [0.717, 1.165) is 31.7 Å². The predicted molar refractivity (Wildman–Crippen MR) is 109 cm³/mol. The van der Waals surface area contributed by atoms with Gasteiger partial charge in [-0.15, -0.1) is 0 Å². The molecule has 1 saturated heterocycles. The van der Waals surface area contributed by atoms with Crippen LogP contribution in [0, 0.1) is 0 Å². The first kappa shape index (κ1) is 20.4. The molecule has 2 N–H and O–H groups in total. The quantitative estimate of drug-likeness (QED) is 0.669. The van der Waals surface area contributed by atoms with E-state index in [2.05, 4.69) is 14.9 Å². The number of amides is 1. The van der Waals surface area contributed by atoms with Crippen LogP contribution in [0.3, 0.4) is 0 Å². The van der Waals surface area contributed by atoms with Crippen molar-refractivity contribution in [3.8, 4) is 0 Å². The van der Waals surface area contributed by atoms with Gasteiger partial charge in [0.05, 0.1) is 18.1 Å². The molecule has 3 rings (SSSR count). The zero-order valence-electron chi connectivity index (χ0n) is 16.1. The van der Waals surface area contributed by atoms with Gasteiger partial charge in [-0.2, -0.15) is 0 Å².